The summed E-state index contributed by atoms with van der Waals surface area (Å²) in [5.74, 6) is 0.167. The van der Waals surface area contributed by atoms with Crippen LogP contribution in [0.15, 0.2) is 42.5 Å². The first-order valence-corrected chi connectivity index (χ1v) is 11.0. The Balaban J connectivity index is 1.84. The maximum atomic E-state index is 12.7. The number of sulfonamides is 1. The molecule has 27 heavy (non-hydrogen) atoms. The van der Waals surface area contributed by atoms with Crippen LogP contribution < -0.4 is 9.62 Å². The molecular formula is C20H23ClN2O3S. The van der Waals surface area contributed by atoms with E-state index in [1.807, 2.05) is 24.3 Å². The van der Waals surface area contributed by atoms with Crippen LogP contribution in [0.1, 0.15) is 48.5 Å². The fourth-order valence-corrected chi connectivity index (χ4v) is 4.91. The lowest BCUT2D eigenvalue weighted by molar-refractivity contribution is 0.102. The summed E-state index contributed by atoms with van der Waals surface area (Å²) in [5, 5.41) is 3.11. The topological polar surface area (TPSA) is 66.5 Å². The van der Waals surface area contributed by atoms with Gasteiger partial charge in [-0.2, -0.15) is 0 Å². The highest BCUT2D eigenvalue weighted by molar-refractivity contribution is 7.92. The van der Waals surface area contributed by atoms with Crippen molar-refractivity contribution >= 4 is 38.9 Å². The number of hydrogen-bond donors (Lipinski definition) is 1. The summed E-state index contributed by atoms with van der Waals surface area (Å²) in [5.41, 5.74) is 2.57. The number of anilines is 2. The Morgan fingerprint density at radius 3 is 2.44 bits per heavy atom. The summed E-state index contributed by atoms with van der Waals surface area (Å²) in [7, 11) is -3.35. The Hall–Kier alpha value is -2.05. The fourth-order valence-electron chi connectivity index (χ4n) is 3.07. The summed E-state index contributed by atoms with van der Waals surface area (Å²) in [6.45, 7) is 4.63. The van der Waals surface area contributed by atoms with Gasteiger partial charge in [0.2, 0.25) is 10.0 Å². The third-order valence-corrected chi connectivity index (χ3v) is 6.87. The van der Waals surface area contributed by atoms with Crippen molar-refractivity contribution in [3.05, 3.63) is 58.6 Å². The van der Waals surface area contributed by atoms with Crippen LogP contribution in [0.4, 0.5) is 11.4 Å². The zero-order chi connectivity index (χ0) is 19.6. The predicted molar refractivity (Wildman–Crippen MR) is 110 cm³/mol. The van der Waals surface area contributed by atoms with Gasteiger partial charge in [-0.3, -0.25) is 9.10 Å². The monoisotopic (exact) mass is 406 g/mol. The van der Waals surface area contributed by atoms with Gasteiger partial charge in [0.15, 0.2) is 0 Å². The van der Waals surface area contributed by atoms with Gasteiger partial charge in [-0.25, -0.2) is 8.42 Å². The van der Waals surface area contributed by atoms with Gasteiger partial charge in [-0.1, -0.05) is 37.6 Å². The van der Waals surface area contributed by atoms with Crippen LogP contribution in [-0.2, 0) is 10.0 Å². The first-order chi connectivity index (χ1) is 12.8. The third kappa shape index (κ3) is 4.45. The van der Waals surface area contributed by atoms with E-state index in [2.05, 4.69) is 19.2 Å². The van der Waals surface area contributed by atoms with Crippen LogP contribution in [-0.4, -0.2) is 26.6 Å². The minimum Gasteiger partial charge on any atom is -0.322 e. The first kappa shape index (κ1) is 19.7. The molecule has 3 rings (SSSR count). The van der Waals surface area contributed by atoms with E-state index in [0.717, 1.165) is 6.42 Å². The van der Waals surface area contributed by atoms with E-state index < -0.39 is 10.0 Å². The van der Waals surface area contributed by atoms with Gasteiger partial charge in [-0.15, -0.1) is 0 Å². The molecule has 0 radical (unpaired) electrons. The Kier molecular flexibility index (Phi) is 5.77. The van der Waals surface area contributed by atoms with Crippen molar-refractivity contribution in [3.8, 4) is 0 Å². The van der Waals surface area contributed by atoms with Crippen LogP contribution in [0.2, 0.25) is 5.02 Å². The zero-order valence-electron chi connectivity index (χ0n) is 15.4. The molecule has 1 amide bonds. The van der Waals surface area contributed by atoms with Crippen LogP contribution in [0.3, 0.4) is 0 Å². The Bertz CT molecular complexity index is 940. The van der Waals surface area contributed by atoms with Crippen LogP contribution in [0, 0.1) is 0 Å². The summed E-state index contributed by atoms with van der Waals surface area (Å²) in [6.07, 6.45) is 1.46. The Labute approximate surface area is 165 Å². The average molecular weight is 407 g/mol. The van der Waals surface area contributed by atoms with E-state index in [0.29, 0.717) is 30.3 Å². The molecule has 1 N–H and O–H groups in total. The highest BCUT2D eigenvalue weighted by Crippen LogP contribution is 2.28. The van der Waals surface area contributed by atoms with Gasteiger partial charge < -0.3 is 5.32 Å². The molecule has 0 aliphatic carbocycles. The number of hydrogen-bond acceptors (Lipinski definition) is 3. The number of nitrogens with zero attached hydrogens (tertiary/aromatic N) is 1. The Morgan fingerprint density at radius 2 is 1.81 bits per heavy atom. The second-order valence-corrected chi connectivity index (χ2v) is 9.41. The Morgan fingerprint density at radius 1 is 1.11 bits per heavy atom. The number of benzene rings is 2. The zero-order valence-corrected chi connectivity index (χ0v) is 17.0. The molecule has 0 saturated carbocycles. The predicted octanol–water partition coefficient (Wildman–Crippen LogP) is 4.65. The summed E-state index contributed by atoms with van der Waals surface area (Å²) < 4.78 is 26.0. The maximum Gasteiger partial charge on any atom is 0.257 e. The summed E-state index contributed by atoms with van der Waals surface area (Å²) >= 11 is 6.21. The minimum absolute atomic E-state index is 0.124. The van der Waals surface area contributed by atoms with Crippen molar-refractivity contribution in [2.75, 3.05) is 21.9 Å². The van der Waals surface area contributed by atoms with E-state index >= 15 is 0 Å². The molecule has 1 heterocycles. The lowest BCUT2D eigenvalue weighted by Crippen LogP contribution is -2.38. The van der Waals surface area contributed by atoms with E-state index in [-0.39, 0.29) is 22.2 Å². The second kappa shape index (κ2) is 7.90. The quantitative estimate of drug-likeness (QED) is 0.803. The number of rotatable bonds is 4. The first-order valence-electron chi connectivity index (χ1n) is 8.99. The van der Waals surface area contributed by atoms with Gasteiger partial charge in [0, 0.05) is 12.2 Å². The molecule has 1 aliphatic heterocycles. The largest absolute Gasteiger partial charge is 0.322 e. The fraction of sp³-hybridized carbons (Fsp3) is 0.350. The molecule has 0 spiro atoms. The van der Waals surface area contributed by atoms with E-state index in [1.54, 1.807) is 18.2 Å². The lowest BCUT2D eigenvalue weighted by Gasteiger charge is -2.28. The van der Waals surface area contributed by atoms with Gasteiger partial charge in [-0.05, 0) is 54.7 Å². The molecule has 2 aromatic carbocycles. The smallest absolute Gasteiger partial charge is 0.257 e. The number of carbonyl (C=O) groups is 1. The van der Waals surface area contributed by atoms with Gasteiger partial charge in [0.05, 0.1) is 22.0 Å². The van der Waals surface area contributed by atoms with Crippen LogP contribution in [0.5, 0.6) is 0 Å². The minimum atomic E-state index is -3.35. The number of halogens is 1. The van der Waals surface area contributed by atoms with Crippen molar-refractivity contribution in [1.29, 1.82) is 0 Å². The maximum absolute atomic E-state index is 12.7. The highest BCUT2D eigenvalue weighted by Gasteiger charge is 2.27. The normalized spacial score (nSPS) is 16.4. The van der Waals surface area contributed by atoms with Crippen molar-refractivity contribution in [3.63, 3.8) is 0 Å². The lowest BCUT2D eigenvalue weighted by atomic mass is 10.0. The van der Waals surface area contributed by atoms with Gasteiger partial charge in [0.25, 0.3) is 5.91 Å². The summed E-state index contributed by atoms with van der Waals surface area (Å²) in [4.78, 5) is 12.7. The van der Waals surface area contributed by atoms with Crippen molar-refractivity contribution in [2.45, 2.75) is 32.6 Å². The molecule has 1 fully saturated rings. The van der Waals surface area contributed by atoms with Crippen LogP contribution >= 0.6 is 11.6 Å². The summed E-state index contributed by atoms with van der Waals surface area (Å²) in [6, 6.07) is 12.4. The molecule has 2 aromatic rings. The molecular weight excluding hydrogens is 384 g/mol. The van der Waals surface area contributed by atoms with E-state index in [1.165, 1.54) is 9.87 Å². The molecule has 144 valence electrons. The second-order valence-electron chi connectivity index (χ2n) is 6.99. The standard InChI is InChI=1S/C20H23ClN2O3S/c1-14(2)15-5-7-16(8-6-15)22-20(24)18-13-17(9-10-19(18)21)23-11-3-4-12-27(23,25)26/h5-10,13-14H,3-4,11-12H2,1-2H3,(H,22,24). The van der Waals surface area contributed by atoms with Crippen LogP contribution in [0.25, 0.3) is 0 Å². The molecule has 0 bridgehead atoms. The van der Waals surface area contributed by atoms with Gasteiger partial charge in [0.1, 0.15) is 0 Å². The third-order valence-electron chi connectivity index (χ3n) is 4.67. The van der Waals surface area contributed by atoms with Gasteiger partial charge >= 0.3 is 0 Å². The van der Waals surface area contributed by atoms with E-state index in [9.17, 15) is 13.2 Å². The number of amides is 1. The average Bonchev–Trinajstić information content (AvgIpc) is 2.62. The molecule has 7 heteroatoms. The van der Waals surface area contributed by atoms with E-state index in [4.69, 9.17) is 11.6 Å². The van der Waals surface area contributed by atoms with Crippen molar-refractivity contribution in [2.24, 2.45) is 0 Å². The molecule has 1 aliphatic rings. The highest BCUT2D eigenvalue weighted by atomic mass is 35.5. The number of carbonyl (C=O) groups excluding carboxylic acids is 1. The molecule has 1 saturated heterocycles. The number of nitrogens with one attached hydrogen (secondary N) is 1. The molecule has 0 aromatic heterocycles. The SMILES string of the molecule is CC(C)c1ccc(NC(=O)c2cc(N3CCCCS3(=O)=O)ccc2Cl)cc1. The molecule has 0 unspecified atom stereocenters. The molecule has 5 nitrogen and oxygen atoms in total. The van der Waals surface area contributed by atoms with Crippen molar-refractivity contribution < 1.29 is 13.2 Å². The van der Waals surface area contributed by atoms with Crippen molar-refractivity contribution in [1.82, 2.24) is 0 Å². The molecule has 0 atom stereocenters.